The molecule has 0 spiro atoms. The van der Waals surface area contributed by atoms with Crippen molar-refractivity contribution in [2.45, 2.75) is 25.7 Å². The van der Waals surface area contributed by atoms with Crippen molar-refractivity contribution in [3.63, 3.8) is 0 Å². The molecule has 0 heterocycles. The molecule has 0 bridgehead atoms. The molecule has 0 aliphatic carbocycles. The average Bonchev–Trinajstić information content (AvgIpc) is 2.62. The molecule has 1 N–H and O–H groups in total. The van der Waals surface area contributed by atoms with Crippen LogP contribution < -0.4 is 5.32 Å². The Bertz CT molecular complexity index is 665. The zero-order valence-electron chi connectivity index (χ0n) is 14.3. The van der Waals surface area contributed by atoms with Crippen LogP contribution in [0.5, 0.6) is 0 Å². The van der Waals surface area contributed by atoms with Gasteiger partial charge in [-0.3, -0.25) is 0 Å². The van der Waals surface area contributed by atoms with Crippen molar-refractivity contribution in [1.82, 2.24) is 5.32 Å². The molecule has 2 atom stereocenters. The van der Waals surface area contributed by atoms with E-state index < -0.39 is 18.3 Å². The molecule has 0 fully saturated rings. The minimum absolute atomic E-state index is 0.120. The smallest absolute Gasteiger partial charge is 0.407 e. The van der Waals surface area contributed by atoms with Crippen LogP contribution >= 0.6 is 22.6 Å². The second kappa shape index (κ2) is 10.4. The lowest BCUT2D eigenvalue weighted by Gasteiger charge is -2.25. The first-order valence-corrected chi connectivity index (χ1v) is 9.03. The molecule has 134 valence electrons. The fraction of sp³-hybridized carbons (Fsp3) is 0.316. The largest absolute Gasteiger partial charge is 0.443 e. The van der Waals surface area contributed by atoms with Gasteiger partial charge in [0.05, 0.1) is 0 Å². The Kier molecular flexibility index (Phi) is 8.17. The van der Waals surface area contributed by atoms with Crippen LogP contribution in [0, 0.1) is 3.57 Å². The first-order chi connectivity index (χ1) is 12.1. The normalized spacial score (nSPS) is 13.1. The van der Waals surface area contributed by atoms with Crippen molar-refractivity contribution in [3.8, 4) is 0 Å². The highest BCUT2D eigenvalue weighted by Crippen LogP contribution is 2.27. The number of ether oxygens (including phenoxy) is 3. The molecule has 0 radical (unpaired) electrons. The number of nitrogens with one attached hydrogen (secondary N) is 1. The summed E-state index contributed by atoms with van der Waals surface area (Å²) in [6, 6.07) is 17.5. The van der Waals surface area contributed by atoms with Gasteiger partial charge in [0.2, 0.25) is 0 Å². The molecule has 1 amide bonds. The molecule has 0 aliphatic rings. The topological polar surface area (TPSA) is 56.8 Å². The fourth-order valence-corrected chi connectivity index (χ4v) is 3.06. The minimum atomic E-state index is -0.478. The van der Waals surface area contributed by atoms with E-state index in [0.717, 1.165) is 14.7 Å². The maximum Gasteiger partial charge on any atom is 0.407 e. The molecule has 6 heteroatoms. The molecule has 2 aromatic carbocycles. The van der Waals surface area contributed by atoms with Gasteiger partial charge in [0.1, 0.15) is 19.0 Å². The minimum Gasteiger partial charge on any atom is -0.443 e. The van der Waals surface area contributed by atoms with Crippen LogP contribution in [0.2, 0.25) is 0 Å². The number of alkyl carbamates (subject to hydrolysis) is 1. The Hall–Kier alpha value is -1.64. The van der Waals surface area contributed by atoms with E-state index in [1.54, 1.807) is 7.11 Å². The molecule has 0 saturated heterocycles. The van der Waals surface area contributed by atoms with Gasteiger partial charge < -0.3 is 19.5 Å². The number of amides is 1. The van der Waals surface area contributed by atoms with E-state index in [0.29, 0.717) is 6.54 Å². The van der Waals surface area contributed by atoms with E-state index in [9.17, 15) is 4.79 Å². The first kappa shape index (κ1) is 19.7. The van der Waals surface area contributed by atoms with Gasteiger partial charge >= 0.3 is 6.09 Å². The monoisotopic (exact) mass is 455 g/mol. The third-order valence-electron chi connectivity index (χ3n) is 3.58. The van der Waals surface area contributed by atoms with E-state index in [1.807, 2.05) is 61.5 Å². The number of hydrogen-bond donors (Lipinski definition) is 1. The number of benzene rings is 2. The number of rotatable bonds is 8. The maximum atomic E-state index is 12.1. The van der Waals surface area contributed by atoms with Gasteiger partial charge in [0.25, 0.3) is 0 Å². The molecular weight excluding hydrogens is 433 g/mol. The summed E-state index contributed by atoms with van der Waals surface area (Å²) >= 11 is 2.24. The van der Waals surface area contributed by atoms with E-state index in [1.165, 1.54) is 0 Å². The van der Waals surface area contributed by atoms with Crippen molar-refractivity contribution < 1.29 is 19.0 Å². The predicted octanol–water partition coefficient (Wildman–Crippen LogP) is 4.27. The van der Waals surface area contributed by atoms with Crippen molar-refractivity contribution in [1.29, 1.82) is 0 Å². The maximum absolute atomic E-state index is 12.1. The first-order valence-electron chi connectivity index (χ1n) is 7.95. The van der Waals surface area contributed by atoms with E-state index in [2.05, 4.69) is 27.9 Å². The fourth-order valence-electron chi connectivity index (χ4n) is 2.37. The molecule has 25 heavy (non-hydrogen) atoms. The van der Waals surface area contributed by atoms with Crippen molar-refractivity contribution in [3.05, 3.63) is 69.3 Å². The Morgan fingerprint density at radius 2 is 1.80 bits per heavy atom. The van der Waals surface area contributed by atoms with Gasteiger partial charge in [-0.1, -0.05) is 48.5 Å². The lowest BCUT2D eigenvalue weighted by atomic mass is 10.1. The quantitative estimate of drug-likeness (QED) is 0.478. The Balaban J connectivity index is 1.97. The molecule has 2 aromatic rings. The zero-order valence-corrected chi connectivity index (χ0v) is 16.4. The van der Waals surface area contributed by atoms with Crippen molar-refractivity contribution in [2.75, 3.05) is 13.9 Å². The summed E-state index contributed by atoms with van der Waals surface area (Å²) in [5.74, 6) is 0. The number of carbonyl (C=O) groups is 1. The Morgan fingerprint density at radius 3 is 2.48 bits per heavy atom. The van der Waals surface area contributed by atoms with Crippen LogP contribution in [0.15, 0.2) is 54.6 Å². The van der Waals surface area contributed by atoms with Gasteiger partial charge in [0.15, 0.2) is 0 Å². The highest BCUT2D eigenvalue weighted by Gasteiger charge is 2.25. The van der Waals surface area contributed by atoms with Gasteiger partial charge in [-0.15, -0.1) is 0 Å². The average molecular weight is 455 g/mol. The highest BCUT2D eigenvalue weighted by molar-refractivity contribution is 14.1. The van der Waals surface area contributed by atoms with Gasteiger partial charge in [-0.25, -0.2) is 4.79 Å². The SMILES string of the molecule is COCO[C@@H](c1ccccc1I)[C@H](C)OC(=O)NCc1ccccc1. The van der Waals surface area contributed by atoms with Crippen LogP contribution in [-0.2, 0) is 20.8 Å². The molecule has 0 aliphatic heterocycles. The summed E-state index contributed by atoms with van der Waals surface area (Å²) in [5.41, 5.74) is 1.97. The summed E-state index contributed by atoms with van der Waals surface area (Å²) in [7, 11) is 1.56. The summed E-state index contributed by atoms with van der Waals surface area (Å²) in [5, 5.41) is 2.76. The molecular formula is C19H22INO4. The molecule has 0 unspecified atom stereocenters. The third kappa shape index (κ3) is 6.30. The number of carbonyl (C=O) groups excluding carboxylic acids is 1. The Labute approximate surface area is 161 Å². The Morgan fingerprint density at radius 1 is 1.12 bits per heavy atom. The van der Waals surface area contributed by atoms with Crippen LogP contribution in [0.3, 0.4) is 0 Å². The van der Waals surface area contributed by atoms with Crippen LogP contribution in [0.1, 0.15) is 24.2 Å². The van der Waals surface area contributed by atoms with Crippen LogP contribution in [0.25, 0.3) is 0 Å². The zero-order chi connectivity index (χ0) is 18.1. The lowest BCUT2D eigenvalue weighted by Crippen LogP contribution is -2.32. The molecule has 5 nitrogen and oxygen atoms in total. The van der Waals surface area contributed by atoms with Gasteiger partial charge in [-0.2, -0.15) is 0 Å². The second-order valence-electron chi connectivity index (χ2n) is 5.46. The van der Waals surface area contributed by atoms with Crippen molar-refractivity contribution >= 4 is 28.7 Å². The van der Waals surface area contributed by atoms with E-state index >= 15 is 0 Å². The summed E-state index contributed by atoms with van der Waals surface area (Å²) in [6.45, 7) is 2.35. The van der Waals surface area contributed by atoms with E-state index in [4.69, 9.17) is 14.2 Å². The van der Waals surface area contributed by atoms with Crippen LogP contribution in [0.4, 0.5) is 4.79 Å². The third-order valence-corrected chi connectivity index (χ3v) is 4.56. The summed E-state index contributed by atoms with van der Waals surface area (Å²) < 4.78 is 17.3. The summed E-state index contributed by atoms with van der Waals surface area (Å²) in [6.07, 6.45) is -1.36. The standard InChI is InChI=1S/C19H22INO4/c1-14(25-19(22)21-12-15-8-4-3-5-9-15)18(24-13-23-2)16-10-6-7-11-17(16)20/h3-11,14,18H,12-13H2,1-2H3,(H,21,22)/t14-,18+/m0/s1. The second-order valence-corrected chi connectivity index (χ2v) is 6.63. The van der Waals surface area contributed by atoms with Crippen molar-refractivity contribution in [2.24, 2.45) is 0 Å². The molecule has 2 rings (SSSR count). The van der Waals surface area contributed by atoms with E-state index in [-0.39, 0.29) is 6.79 Å². The highest BCUT2D eigenvalue weighted by atomic mass is 127. The van der Waals surface area contributed by atoms with Gasteiger partial charge in [-0.05, 0) is 46.7 Å². The lowest BCUT2D eigenvalue weighted by molar-refractivity contribution is -0.112. The van der Waals surface area contributed by atoms with Crippen LogP contribution in [-0.4, -0.2) is 26.1 Å². The number of methoxy groups -OCH3 is 1. The molecule has 0 aromatic heterocycles. The number of hydrogen-bond acceptors (Lipinski definition) is 4. The van der Waals surface area contributed by atoms with Gasteiger partial charge in [0, 0.05) is 17.2 Å². The predicted molar refractivity (Wildman–Crippen MR) is 104 cm³/mol. The number of halogens is 1. The molecule has 0 saturated carbocycles. The summed E-state index contributed by atoms with van der Waals surface area (Å²) in [4.78, 5) is 12.1.